The first kappa shape index (κ1) is 9.91. The van der Waals surface area contributed by atoms with Crippen LogP contribution in [0.1, 0.15) is 25.3 Å². The molecule has 0 aliphatic carbocycles. The Morgan fingerprint density at radius 1 is 0.933 bits per heavy atom. The van der Waals surface area contributed by atoms with E-state index in [0.717, 1.165) is 5.69 Å². The zero-order valence-corrected chi connectivity index (χ0v) is 9.14. The summed E-state index contributed by atoms with van der Waals surface area (Å²) in [5.41, 5.74) is 3.50. The summed E-state index contributed by atoms with van der Waals surface area (Å²) in [6.45, 7) is 4.36. The molecule has 0 saturated carbocycles. The van der Waals surface area contributed by atoms with Gasteiger partial charge >= 0.3 is 0 Å². The Morgan fingerprint density at radius 3 is 2.20 bits per heavy atom. The summed E-state index contributed by atoms with van der Waals surface area (Å²) in [6, 6.07) is 14.5. The molecular formula is C14H15N. The minimum atomic E-state index is 0.544. The molecule has 1 heterocycles. The fraction of sp³-hybridized carbons (Fsp3) is 0.214. The van der Waals surface area contributed by atoms with Crippen molar-refractivity contribution in [1.82, 2.24) is 4.98 Å². The number of pyridine rings is 1. The van der Waals surface area contributed by atoms with Crippen molar-refractivity contribution < 1.29 is 0 Å². The number of hydrogen-bond acceptors (Lipinski definition) is 1. The molecule has 15 heavy (non-hydrogen) atoms. The third-order valence-electron chi connectivity index (χ3n) is 2.52. The van der Waals surface area contributed by atoms with Crippen LogP contribution in [0.4, 0.5) is 0 Å². The molecule has 0 N–H and O–H groups in total. The molecule has 1 aromatic heterocycles. The van der Waals surface area contributed by atoms with E-state index < -0.39 is 0 Å². The van der Waals surface area contributed by atoms with Crippen molar-refractivity contribution >= 4 is 0 Å². The number of aromatic nitrogens is 1. The van der Waals surface area contributed by atoms with Gasteiger partial charge in [-0.1, -0.05) is 50.2 Å². The van der Waals surface area contributed by atoms with Crippen LogP contribution >= 0.6 is 0 Å². The molecule has 0 aliphatic heterocycles. The molecule has 2 rings (SSSR count). The molecule has 1 heteroatoms. The smallest absolute Gasteiger partial charge is 0.0702 e. The normalized spacial score (nSPS) is 10.6. The van der Waals surface area contributed by atoms with Crippen LogP contribution in [0.2, 0.25) is 0 Å². The van der Waals surface area contributed by atoms with E-state index in [0.29, 0.717) is 5.92 Å². The molecule has 2 aromatic rings. The van der Waals surface area contributed by atoms with Gasteiger partial charge < -0.3 is 0 Å². The Balaban J connectivity index is 2.32. The molecule has 0 atom stereocenters. The largest absolute Gasteiger partial charge is 0.256 e. The zero-order valence-electron chi connectivity index (χ0n) is 9.14. The van der Waals surface area contributed by atoms with Crippen LogP contribution in [0.3, 0.4) is 0 Å². The van der Waals surface area contributed by atoms with E-state index in [4.69, 9.17) is 0 Å². The van der Waals surface area contributed by atoms with Crippen LogP contribution in [0.15, 0.2) is 48.7 Å². The zero-order chi connectivity index (χ0) is 10.7. The van der Waals surface area contributed by atoms with Gasteiger partial charge in [0.25, 0.3) is 0 Å². The van der Waals surface area contributed by atoms with Gasteiger partial charge in [-0.3, -0.25) is 4.98 Å². The fourth-order valence-corrected chi connectivity index (χ4v) is 1.53. The molecule has 0 saturated heterocycles. The molecule has 0 bridgehead atoms. The first-order valence-corrected chi connectivity index (χ1v) is 5.29. The van der Waals surface area contributed by atoms with Crippen molar-refractivity contribution in [1.29, 1.82) is 0 Å². The lowest BCUT2D eigenvalue weighted by Gasteiger charge is -2.05. The van der Waals surface area contributed by atoms with Crippen molar-refractivity contribution in [2.24, 2.45) is 0 Å². The van der Waals surface area contributed by atoms with Gasteiger partial charge in [0, 0.05) is 11.8 Å². The molecule has 0 aliphatic rings. The van der Waals surface area contributed by atoms with Crippen LogP contribution in [-0.4, -0.2) is 4.98 Å². The molecule has 0 unspecified atom stereocenters. The van der Waals surface area contributed by atoms with E-state index >= 15 is 0 Å². The van der Waals surface area contributed by atoms with Crippen LogP contribution < -0.4 is 0 Å². The van der Waals surface area contributed by atoms with Crippen LogP contribution in [0, 0.1) is 0 Å². The molecular weight excluding hydrogens is 182 g/mol. The molecule has 1 nitrogen and oxygen atoms in total. The average molecular weight is 197 g/mol. The second kappa shape index (κ2) is 4.26. The summed E-state index contributed by atoms with van der Waals surface area (Å²) in [4.78, 5) is 4.47. The Kier molecular flexibility index (Phi) is 2.82. The van der Waals surface area contributed by atoms with E-state index in [2.05, 4.69) is 43.1 Å². The van der Waals surface area contributed by atoms with Gasteiger partial charge in [-0.25, -0.2) is 0 Å². The highest BCUT2D eigenvalue weighted by Gasteiger charge is 2.01. The SMILES string of the molecule is CC(C)c1ccc(-c2ccccc2)nc1. The van der Waals surface area contributed by atoms with Crippen molar-refractivity contribution in [3.63, 3.8) is 0 Å². The standard InChI is InChI=1S/C14H15N/c1-11(2)13-8-9-14(15-10-13)12-6-4-3-5-7-12/h3-11H,1-2H3. The monoisotopic (exact) mass is 197 g/mol. The lowest BCUT2D eigenvalue weighted by atomic mass is 10.0. The third kappa shape index (κ3) is 2.24. The van der Waals surface area contributed by atoms with Gasteiger partial charge in [0.05, 0.1) is 5.69 Å². The first-order valence-electron chi connectivity index (χ1n) is 5.29. The predicted molar refractivity (Wildman–Crippen MR) is 63.8 cm³/mol. The summed E-state index contributed by atoms with van der Waals surface area (Å²) >= 11 is 0. The molecule has 0 amide bonds. The highest BCUT2D eigenvalue weighted by Crippen LogP contribution is 2.19. The number of nitrogens with zero attached hydrogens (tertiary/aromatic N) is 1. The summed E-state index contributed by atoms with van der Waals surface area (Å²) in [6.07, 6.45) is 1.97. The summed E-state index contributed by atoms with van der Waals surface area (Å²) in [7, 11) is 0. The van der Waals surface area contributed by atoms with Gasteiger partial charge in [0.2, 0.25) is 0 Å². The molecule has 76 valence electrons. The summed E-state index contributed by atoms with van der Waals surface area (Å²) in [5.74, 6) is 0.544. The number of hydrogen-bond donors (Lipinski definition) is 0. The molecule has 1 aromatic carbocycles. The Morgan fingerprint density at radius 2 is 1.67 bits per heavy atom. The minimum Gasteiger partial charge on any atom is -0.256 e. The van der Waals surface area contributed by atoms with Gasteiger partial charge in [-0.05, 0) is 17.5 Å². The average Bonchev–Trinajstić information content (AvgIpc) is 2.30. The van der Waals surface area contributed by atoms with E-state index in [1.54, 1.807) is 0 Å². The summed E-state index contributed by atoms with van der Waals surface area (Å²) < 4.78 is 0. The van der Waals surface area contributed by atoms with E-state index in [1.807, 2.05) is 24.4 Å². The topological polar surface area (TPSA) is 12.9 Å². The van der Waals surface area contributed by atoms with Crippen molar-refractivity contribution in [3.05, 3.63) is 54.2 Å². The Labute approximate surface area is 90.8 Å². The second-order valence-electron chi connectivity index (χ2n) is 4.00. The van der Waals surface area contributed by atoms with Gasteiger partial charge in [-0.2, -0.15) is 0 Å². The van der Waals surface area contributed by atoms with Crippen LogP contribution in [-0.2, 0) is 0 Å². The molecule has 0 spiro atoms. The van der Waals surface area contributed by atoms with E-state index in [9.17, 15) is 0 Å². The first-order chi connectivity index (χ1) is 7.27. The minimum absolute atomic E-state index is 0.544. The van der Waals surface area contributed by atoms with Gasteiger partial charge in [0.15, 0.2) is 0 Å². The maximum absolute atomic E-state index is 4.47. The lowest BCUT2D eigenvalue weighted by Crippen LogP contribution is -1.89. The fourth-order valence-electron chi connectivity index (χ4n) is 1.53. The van der Waals surface area contributed by atoms with Crippen LogP contribution in [0.5, 0.6) is 0 Å². The van der Waals surface area contributed by atoms with Crippen molar-refractivity contribution in [3.8, 4) is 11.3 Å². The van der Waals surface area contributed by atoms with Crippen molar-refractivity contribution in [2.75, 3.05) is 0 Å². The maximum Gasteiger partial charge on any atom is 0.0702 e. The van der Waals surface area contributed by atoms with Gasteiger partial charge in [0.1, 0.15) is 0 Å². The number of benzene rings is 1. The van der Waals surface area contributed by atoms with E-state index in [-0.39, 0.29) is 0 Å². The highest BCUT2D eigenvalue weighted by atomic mass is 14.7. The quantitative estimate of drug-likeness (QED) is 0.712. The van der Waals surface area contributed by atoms with Crippen LogP contribution in [0.25, 0.3) is 11.3 Å². The number of rotatable bonds is 2. The Hall–Kier alpha value is -1.63. The van der Waals surface area contributed by atoms with E-state index in [1.165, 1.54) is 11.1 Å². The maximum atomic E-state index is 4.47. The predicted octanol–water partition coefficient (Wildman–Crippen LogP) is 3.87. The van der Waals surface area contributed by atoms with Crippen molar-refractivity contribution in [2.45, 2.75) is 19.8 Å². The van der Waals surface area contributed by atoms with Gasteiger partial charge in [-0.15, -0.1) is 0 Å². The third-order valence-corrected chi connectivity index (χ3v) is 2.52. The Bertz CT molecular complexity index is 415. The highest BCUT2D eigenvalue weighted by molar-refractivity contribution is 5.58. The molecule has 0 fully saturated rings. The molecule has 0 radical (unpaired) electrons. The second-order valence-corrected chi connectivity index (χ2v) is 4.00. The summed E-state index contributed by atoms with van der Waals surface area (Å²) in [5, 5.41) is 0. The lowest BCUT2D eigenvalue weighted by molar-refractivity contribution is 0.859.